The van der Waals surface area contributed by atoms with Crippen LogP contribution in [0.5, 0.6) is 0 Å². The van der Waals surface area contributed by atoms with Crippen LogP contribution in [0.1, 0.15) is 31.2 Å². The summed E-state index contributed by atoms with van der Waals surface area (Å²) in [4.78, 5) is 22.0. The van der Waals surface area contributed by atoms with Crippen molar-refractivity contribution < 1.29 is 19.4 Å². The van der Waals surface area contributed by atoms with E-state index in [9.17, 15) is 9.59 Å². The average molecular weight is 323 g/mol. The van der Waals surface area contributed by atoms with Crippen molar-refractivity contribution in [3.63, 3.8) is 0 Å². The van der Waals surface area contributed by atoms with E-state index >= 15 is 0 Å². The van der Waals surface area contributed by atoms with Crippen LogP contribution in [0.25, 0.3) is 0 Å². The number of carbonyl (C=O) groups excluding carboxylic acids is 1. The lowest BCUT2D eigenvalue weighted by molar-refractivity contribution is -0.137. The van der Waals surface area contributed by atoms with Crippen molar-refractivity contribution in [2.45, 2.75) is 44.4 Å². The lowest BCUT2D eigenvalue weighted by atomic mass is 10.0. The van der Waals surface area contributed by atoms with Gasteiger partial charge in [0.2, 0.25) is 0 Å². The average Bonchev–Trinajstić information content (AvgIpc) is 2.52. The van der Waals surface area contributed by atoms with Crippen LogP contribution in [0.15, 0.2) is 30.3 Å². The summed E-state index contributed by atoms with van der Waals surface area (Å²) in [6.07, 6.45) is 1.52. The largest absolute Gasteiger partial charge is 0.481 e. The number of carboxylic acids is 1. The van der Waals surface area contributed by atoms with E-state index in [1.165, 1.54) is 0 Å². The van der Waals surface area contributed by atoms with E-state index in [1.807, 2.05) is 30.3 Å². The number of carbonyl (C=O) groups is 2. The Balaban J connectivity index is 2.06. The number of amides is 1. The number of benzene rings is 1. The second-order valence-electron chi connectivity index (χ2n) is 5.41. The van der Waals surface area contributed by atoms with Gasteiger partial charge in [0, 0.05) is 18.6 Å². The van der Waals surface area contributed by atoms with Gasteiger partial charge in [0.15, 0.2) is 0 Å². The van der Waals surface area contributed by atoms with Gasteiger partial charge in [-0.25, -0.2) is 4.79 Å². The van der Waals surface area contributed by atoms with Crippen LogP contribution in [0.4, 0.5) is 4.79 Å². The number of unbranched alkanes of at least 4 members (excludes halogenated alkanes) is 1. The fourth-order valence-electron chi connectivity index (χ4n) is 2.04. The molecule has 23 heavy (non-hydrogen) atoms. The lowest BCUT2D eigenvalue weighted by Gasteiger charge is -2.17. The number of aliphatic carboxylic acids is 1. The Hall–Kier alpha value is -2.12. The molecule has 1 amide bonds. The molecule has 1 rings (SSSR count). The third-order valence-electron chi connectivity index (χ3n) is 3.41. The molecular weight excluding hydrogens is 298 g/mol. The van der Waals surface area contributed by atoms with Crippen LogP contribution in [0.3, 0.4) is 0 Å². The molecule has 0 aliphatic rings. The molecule has 0 aliphatic heterocycles. The summed E-state index contributed by atoms with van der Waals surface area (Å²) in [5.74, 6) is -0.948. The first-order valence-corrected chi connectivity index (χ1v) is 7.66. The van der Waals surface area contributed by atoms with E-state index in [0.717, 1.165) is 18.4 Å². The third kappa shape index (κ3) is 8.80. The Morgan fingerprint density at radius 2 is 1.83 bits per heavy atom. The minimum absolute atomic E-state index is 0.134. The van der Waals surface area contributed by atoms with E-state index in [4.69, 9.17) is 21.3 Å². The molecule has 6 N–H and O–H groups in total. The minimum Gasteiger partial charge on any atom is -0.481 e. The van der Waals surface area contributed by atoms with Crippen molar-refractivity contribution in [3.8, 4) is 0 Å². The molecular formula is C16H25N3O4. The Bertz CT molecular complexity index is 481. The van der Waals surface area contributed by atoms with Gasteiger partial charge in [0.1, 0.15) is 6.61 Å². The van der Waals surface area contributed by atoms with Crippen molar-refractivity contribution in [2.24, 2.45) is 11.5 Å². The van der Waals surface area contributed by atoms with Crippen molar-refractivity contribution in [1.29, 1.82) is 0 Å². The molecule has 0 radical (unpaired) electrons. The highest BCUT2D eigenvalue weighted by Gasteiger charge is 2.16. The predicted molar refractivity (Wildman–Crippen MR) is 86.7 cm³/mol. The third-order valence-corrected chi connectivity index (χ3v) is 3.41. The van der Waals surface area contributed by atoms with Gasteiger partial charge in [-0.05, 0) is 18.4 Å². The summed E-state index contributed by atoms with van der Waals surface area (Å²) in [5.41, 5.74) is 12.4. The maximum atomic E-state index is 11.5. The van der Waals surface area contributed by atoms with Gasteiger partial charge in [-0.1, -0.05) is 36.8 Å². The molecule has 2 atom stereocenters. The molecule has 7 nitrogen and oxygen atoms in total. The lowest BCUT2D eigenvalue weighted by Crippen LogP contribution is -2.42. The van der Waals surface area contributed by atoms with Crippen molar-refractivity contribution in [2.75, 3.05) is 6.54 Å². The SMILES string of the molecule is N[C@@H](CCCCNC(=O)OCc1ccccc1)[C@@H](N)CC(=O)O. The fourth-order valence-corrected chi connectivity index (χ4v) is 2.04. The second-order valence-corrected chi connectivity index (χ2v) is 5.41. The quantitative estimate of drug-likeness (QED) is 0.479. The van der Waals surface area contributed by atoms with Gasteiger partial charge in [-0.15, -0.1) is 0 Å². The maximum absolute atomic E-state index is 11.5. The Morgan fingerprint density at radius 1 is 1.13 bits per heavy atom. The first kappa shape index (κ1) is 18.9. The summed E-state index contributed by atoms with van der Waals surface area (Å²) in [7, 11) is 0. The number of hydrogen-bond donors (Lipinski definition) is 4. The smallest absolute Gasteiger partial charge is 0.407 e. The zero-order valence-electron chi connectivity index (χ0n) is 13.1. The topological polar surface area (TPSA) is 128 Å². The van der Waals surface area contributed by atoms with E-state index in [0.29, 0.717) is 13.0 Å². The summed E-state index contributed by atoms with van der Waals surface area (Å²) < 4.78 is 5.08. The molecule has 0 saturated carbocycles. The van der Waals surface area contributed by atoms with Gasteiger partial charge in [-0.2, -0.15) is 0 Å². The van der Waals surface area contributed by atoms with Crippen LogP contribution in [-0.2, 0) is 16.1 Å². The molecule has 0 aromatic heterocycles. The highest BCUT2D eigenvalue weighted by atomic mass is 16.5. The molecule has 0 spiro atoms. The normalized spacial score (nSPS) is 13.1. The zero-order chi connectivity index (χ0) is 17.1. The Kier molecular flexibility index (Phi) is 8.71. The van der Waals surface area contributed by atoms with Crippen LogP contribution >= 0.6 is 0 Å². The van der Waals surface area contributed by atoms with Crippen molar-refractivity contribution in [3.05, 3.63) is 35.9 Å². The number of carboxylic acid groups (broad SMARTS) is 1. The van der Waals surface area contributed by atoms with Gasteiger partial charge in [-0.3, -0.25) is 4.79 Å². The molecule has 1 aromatic rings. The zero-order valence-corrected chi connectivity index (χ0v) is 13.1. The van der Waals surface area contributed by atoms with Crippen LogP contribution < -0.4 is 16.8 Å². The summed E-state index contributed by atoms with van der Waals surface area (Å²) in [5, 5.41) is 11.3. The number of nitrogens with one attached hydrogen (secondary N) is 1. The second kappa shape index (κ2) is 10.6. The summed E-state index contributed by atoms with van der Waals surface area (Å²) in [6, 6.07) is 8.54. The molecule has 0 aliphatic carbocycles. The van der Waals surface area contributed by atoms with Gasteiger partial charge in [0.05, 0.1) is 6.42 Å². The summed E-state index contributed by atoms with van der Waals surface area (Å²) in [6.45, 7) is 0.718. The van der Waals surface area contributed by atoms with Gasteiger partial charge in [0.25, 0.3) is 0 Å². The van der Waals surface area contributed by atoms with E-state index in [2.05, 4.69) is 5.32 Å². The van der Waals surface area contributed by atoms with E-state index in [-0.39, 0.29) is 19.1 Å². The fraction of sp³-hybridized carbons (Fsp3) is 0.500. The van der Waals surface area contributed by atoms with Crippen molar-refractivity contribution in [1.82, 2.24) is 5.32 Å². The Labute approximate surface area is 136 Å². The van der Waals surface area contributed by atoms with Gasteiger partial charge >= 0.3 is 12.1 Å². The Morgan fingerprint density at radius 3 is 2.48 bits per heavy atom. The van der Waals surface area contributed by atoms with Crippen LogP contribution in [0.2, 0.25) is 0 Å². The number of alkyl carbamates (subject to hydrolysis) is 1. The molecule has 0 heterocycles. The predicted octanol–water partition coefficient (Wildman–Crippen LogP) is 1.21. The molecule has 0 fully saturated rings. The first-order valence-electron chi connectivity index (χ1n) is 7.66. The minimum atomic E-state index is -0.948. The van der Waals surface area contributed by atoms with E-state index < -0.39 is 18.1 Å². The first-order chi connectivity index (χ1) is 11.0. The molecule has 0 saturated heterocycles. The standard InChI is InChI=1S/C16H25N3O4/c17-13(14(18)10-15(20)21)8-4-5-9-19-16(22)23-11-12-6-2-1-3-7-12/h1-3,6-7,13-14H,4-5,8-11,17-18H2,(H,19,22)(H,20,21)/t13-,14-/m0/s1. The van der Waals surface area contributed by atoms with Crippen LogP contribution in [0, 0.1) is 0 Å². The van der Waals surface area contributed by atoms with Crippen molar-refractivity contribution >= 4 is 12.1 Å². The van der Waals surface area contributed by atoms with Crippen LogP contribution in [-0.4, -0.2) is 35.8 Å². The van der Waals surface area contributed by atoms with Gasteiger partial charge < -0.3 is 26.6 Å². The van der Waals surface area contributed by atoms with E-state index in [1.54, 1.807) is 0 Å². The number of rotatable bonds is 10. The molecule has 0 unspecified atom stereocenters. The molecule has 128 valence electrons. The number of hydrogen-bond acceptors (Lipinski definition) is 5. The highest BCUT2D eigenvalue weighted by molar-refractivity contribution is 5.67. The molecule has 1 aromatic carbocycles. The molecule has 7 heteroatoms. The molecule has 0 bridgehead atoms. The number of nitrogens with two attached hydrogens (primary N) is 2. The number of ether oxygens (including phenoxy) is 1. The summed E-state index contributed by atoms with van der Waals surface area (Å²) >= 11 is 0. The highest BCUT2D eigenvalue weighted by Crippen LogP contribution is 2.04. The monoisotopic (exact) mass is 323 g/mol. The maximum Gasteiger partial charge on any atom is 0.407 e.